The minimum atomic E-state index is 0.446. The van der Waals surface area contributed by atoms with E-state index in [1.54, 1.807) is 19.5 Å². The van der Waals surface area contributed by atoms with Gasteiger partial charge in [-0.3, -0.25) is 4.98 Å². The smallest absolute Gasteiger partial charge is 0.149 e. The molecule has 2 aromatic heterocycles. The number of ether oxygens (including phenoxy) is 1. The Labute approximate surface area is 152 Å². The van der Waals surface area contributed by atoms with E-state index >= 15 is 0 Å². The third-order valence-corrected chi connectivity index (χ3v) is 4.61. The highest BCUT2D eigenvalue weighted by Gasteiger charge is 2.09. The van der Waals surface area contributed by atoms with Crippen molar-refractivity contribution in [1.82, 2.24) is 14.5 Å². The van der Waals surface area contributed by atoms with Crippen LogP contribution in [-0.4, -0.2) is 21.6 Å². The number of nitrogen functional groups attached to an aromatic ring is 1. The van der Waals surface area contributed by atoms with Gasteiger partial charge in [-0.1, -0.05) is 24.3 Å². The number of anilines is 1. The van der Waals surface area contributed by atoms with Crippen molar-refractivity contribution in [2.24, 2.45) is 0 Å². The fraction of sp³-hybridized carbons (Fsp3) is 0.143. The van der Waals surface area contributed by atoms with Gasteiger partial charge in [0.15, 0.2) is 0 Å². The van der Waals surface area contributed by atoms with Gasteiger partial charge in [0.05, 0.1) is 7.11 Å². The summed E-state index contributed by atoms with van der Waals surface area (Å²) in [5.74, 6) is 1.32. The van der Waals surface area contributed by atoms with Gasteiger partial charge in [-0.05, 0) is 36.8 Å². The highest BCUT2D eigenvalue weighted by atomic mass is 16.5. The predicted molar refractivity (Wildman–Crippen MR) is 104 cm³/mol. The summed E-state index contributed by atoms with van der Waals surface area (Å²) in [6.07, 6.45) is 3.26. The van der Waals surface area contributed by atoms with E-state index in [1.165, 1.54) is 22.2 Å². The molecule has 4 rings (SSSR count). The molecule has 0 spiro atoms. The fourth-order valence-corrected chi connectivity index (χ4v) is 3.25. The molecule has 0 unspecified atom stereocenters. The van der Waals surface area contributed by atoms with Gasteiger partial charge in [0, 0.05) is 41.1 Å². The summed E-state index contributed by atoms with van der Waals surface area (Å²) >= 11 is 0. The number of hydrogen-bond acceptors (Lipinski definition) is 4. The number of methoxy groups -OCH3 is 1. The Hall–Kier alpha value is -3.34. The molecular formula is C21H20N4O. The standard InChI is InChI=1S/C21H20N4O/c1-14-11-17-12-18(26-2)7-8-19(17)25(14)13-15-3-5-16(6-4-15)20-21(22)24-10-9-23-20/h3-12H,13H2,1-2H3,(H2,22,24). The molecule has 0 fully saturated rings. The van der Waals surface area contributed by atoms with Crippen LogP contribution in [0.25, 0.3) is 22.2 Å². The van der Waals surface area contributed by atoms with E-state index in [0.29, 0.717) is 11.5 Å². The first-order chi connectivity index (χ1) is 12.7. The maximum absolute atomic E-state index is 5.92. The average molecular weight is 344 g/mol. The van der Waals surface area contributed by atoms with Crippen molar-refractivity contribution in [3.05, 3.63) is 72.2 Å². The lowest BCUT2D eigenvalue weighted by molar-refractivity contribution is 0.415. The average Bonchev–Trinajstić information content (AvgIpc) is 2.97. The number of hydrogen-bond donors (Lipinski definition) is 1. The summed E-state index contributed by atoms with van der Waals surface area (Å²) in [5, 5.41) is 1.19. The van der Waals surface area contributed by atoms with E-state index < -0.39 is 0 Å². The first-order valence-electron chi connectivity index (χ1n) is 8.45. The normalized spacial score (nSPS) is 11.0. The summed E-state index contributed by atoms with van der Waals surface area (Å²) < 4.78 is 7.63. The van der Waals surface area contributed by atoms with E-state index in [0.717, 1.165) is 17.9 Å². The Balaban J connectivity index is 1.65. The van der Waals surface area contributed by atoms with Crippen molar-refractivity contribution < 1.29 is 4.74 Å². The van der Waals surface area contributed by atoms with Crippen LogP contribution in [-0.2, 0) is 6.54 Å². The summed E-state index contributed by atoms with van der Waals surface area (Å²) in [6, 6.07) is 16.7. The fourth-order valence-electron chi connectivity index (χ4n) is 3.25. The summed E-state index contributed by atoms with van der Waals surface area (Å²) in [6.45, 7) is 2.93. The molecule has 2 heterocycles. The first kappa shape index (κ1) is 16.1. The third kappa shape index (κ3) is 2.88. The Bertz CT molecular complexity index is 1070. The van der Waals surface area contributed by atoms with Crippen LogP contribution >= 0.6 is 0 Å². The molecule has 0 aliphatic rings. The molecule has 0 amide bonds. The number of aromatic nitrogens is 3. The summed E-state index contributed by atoms with van der Waals surface area (Å²) in [7, 11) is 1.69. The first-order valence-corrected chi connectivity index (χ1v) is 8.45. The highest BCUT2D eigenvalue weighted by Crippen LogP contribution is 2.26. The number of benzene rings is 2. The molecule has 0 saturated carbocycles. The van der Waals surface area contributed by atoms with Crippen molar-refractivity contribution in [1.29, 1.82) is 0 Å². The van der Waals surface area contributed by atoms with Crippen molar-refractivity contribution >= 4 is 16.7 Å². The molecule has 0 bridgehead atoms. The number of nitrogens with zero attached hydrogens (tertiary/aromatic N) is 3. The zero-order valence-corrected chi connectivity index (χ0v) is 14.8. The summed E-state index contributed by atoms with van der Waals surface area (Å²) in [4.78, 5) is 8.42. The molecule has 2 N–H and O–H groups in total. The van der Waals surface area contributed by atoms with Crippen molar-refractivity contribution in [3.63, 3.8) is 0 Å². The largest absolute Gasteiger partial charge is 0.497 e. The SMILES string of the molecule is COc1ccc2c(c1)cc(C)n2Cc1ccc(-c2nccnc2N)cc1. The zero-order valence-electron chi connectivity index (χ0n) is 14.8. The molecule has 130 valence electrons. The van der Waals surface area contributed by atoms with Gasteiger partial charge in [0.2, 0.25) is 0 Å². The summed E-state index contributed by atoms with van der Waals surface area (Å²) in [5.41, 5.74) is 11.2. The third-order valence-electron chi connectivity index (χ3n) is 4.61. The van der Waals surface area contributed by atoms with Crippen LogP contribution in [0, 0.1) is 6.92 Å². The number of aryl methyl sites for hydroxylation is 1. The van der Waals surface area contributed by atoms with Gasteiger partial charge in [-0.2, -0.15) is 0 Å². The number of nitrogens with two attached hydrogens (primary N) is 1. The van der Waals surface area contributed by atoms with Gasteiger partial charge in [0.25, 0.3) is 0 Å². The molecular weight excluding hydrogens is 324 g/mol. The molecule has 0 atom stereocenters. The van der Waals surface area contributed by atoms with Crippen LogP contribution in [0.5, 0.6) is 5.75 Å². The molecule has 2 aromatic carbocycles. The second-order valence-corrected chi connectivity index (χ2v) is 6.28. The van der Waals surface area contributed by atoms with Gasteiger partial charge in [-0.15, -0.1) is 0 Å². The van der Waals surface area contributed by atoms with Crippen molar-refractivity contribution in [3.8, 4) is 17.0 Å². The van der Waals surface area contributed by atoms with E-state index in [2.05, 4.69) is 51.8 Å². The second-order valence-electron chi connectivity index (χ2n) is 6.28. The second kappa shape index (κ2) is 6.52. The zero-order chi connectivity index (χ0) is 18.1. The molecule has 4 aromatic rings. The van der Waals surface area contributed by atoms with Gasteiger partial charge < -0.3 is 15.0 Å². The van der Waals surface area contributed by atoms with Crippen molar-refractivity contribution in [2.45, 2.75) is 13.5 Å². The Morgan fingerprint density at radius 1 is 1.00 bits per heavy atom. The lowest BCUT2D eigenvalue weighted by Crippen LogP contribution is -2.01. The monoisotopic (exact) mass is 344 g/mol. The number of fused-ring (bicyclic) bond motifs is 1. The lowest BCUT2D eigenvalue weighted by atomic mass is 10.1. The molecule has 26 heavy (non-hydrogen) atoms. The number of rotatable bonds is 4. The van der Waals surface area contributed by atoms with E-state index in [1.807, 2.05) is 18.2 Å². The maximum atomic E-state index is 5.92. The topological polar surface area (TPSA) is 66.0 Å². The van der Waals surface area contributed by atoms with Gasteiger partial charge in [-0.25, -0.2) is 4.98 Å². The minimum Gasteiger partial charge on any atom is -0.497 e. The molecule has 0 radical (unpaired) electrons. The van der Waals surface area contributed by atoms with E-state index in [4.69, 9.17) is 10.5 Å². The Morgan fingerprint density at radius 3 is 2.50 bits per heavy atom. The van der Waals surface area contributed by atoms with Crippen LogP contribution in [0.1, 0.15) is 11.3 Å². The predicted octanol–water partition coefficient (Wildman–Crippen LogP) is 4.05. The minimum absolute atomic E-state index is 0.446. The van der Waals surface area contributed by atoms with Crippen molar-refractivity contribution in [2.75, 3.05) is 12.8 Å². The van der Waals surface area contributed by atoms with Crippen LogP contribution in [0.4, 0.5) is 5.82 Å². The Morgan fingerprint density at radius 2 is 1.77 bits per heavy atom. The van der Waals surface area contributed by atoms with E-state index in [9.17, 15) is 0 Å². The van der Waals surface area contributed by atoms with Crippen LogP contribution in [0.3, 0.4) is 0 Å². The van der Waals surface area contributed by atoms with Gasteiger partial charge >= 0.3 is 0 Å². The molecule has 0 aliphatic heterocycles. The quantitative estimate of drug-likeness (QED) is 0.607. The van der Waals surface area contributed by atoms with Crippen LogP contribution in [0.2, 0.25) is 0 Å². The maximum Gasteiger partial charge on any atom is 0.149 e. The van der Waals surface area contributed by atoms with Crippen LogP contribution in [0.15, 0.2) is 60.9 Å². The highest BCUT2D eigenvalue weighted by molar-refractivity contribution is 5.83. The van der Waals surface area contributed by atoms with E-state index in [-0.39, 0.29) is 0 Å². The Kier molecular flexibility index (Phi) is 4.05. The van der Waals surface area contributed by atoms with Crippen LogP contribution < -0.4 is 10.5 Å². The molecule has 0 aliphatic carbocycles. The molecule has 5 heteroatoms. The van der Waals surface area contributed by atoms with Gasteiger partial charge in [0.1, 0.15) is 17.3 Å². The lowest BCUT2D eigenvalue weighted by Gasteiger charge is -2.10. The molecule has 5 nitrogen and oxygen atoms in total. The molecule has 0 saturated heterocycles.